The molecule has 0 aliphatic rings. The van der Waals surface area contributed by atoms with Crippen LogP contribution in [0.4, 0.5) is 0 Å². The lowest BCUT2D eigenvalue weighted by atomic mass is 10.1. The van der Waals surface area contributed by atoms with Crippen molar-refractivity contribution in [3.63, 3.8) is 0 Å². The summed E-state index contributed by atoms with van der Waals surface area (Å²) in [6.07, 6.45) is 2.42. The van der Waals surface area contributed by atoms with Crippen molar-refractivity contribution in [1.82, 2.24) is 9.66 Å². The van der Waals surface area contributed by atoms with Crippen LogP contribution in [0.1, 0.15) is 37.6 Å². The van der Waals surface area contributed by atoms with Crippen LogP contribution in [0.2, 0.25) is 0 Å². The van der Waals surface area contributed by atoms with Crippen molar-refractivity contribution in [1.29, 1.82) is 0 Å². The number of nitrogens with zero attached hydrogens (tertiary/aromatic N) is 3. The summed E-state index contributed by atoms with van der Waals surface area (Å²) in [6.45, 7) is 3.64. The van der Waals surface area contributed by atoms with E-state index >= 15 is 0 Å². The van der Waals surface area contributed by atoms with Gasteiger partial charge in [-0.25, -0.2) is 9.78 Å². The second-order valence-electron chi connectivity index (χ2n) is 6.80. The lowest BCUT2D eigenvalue weighted by Gasteiger charge is -2.14. The summed E-state index contributed by atoms with van der Waals surface area (Å²) in [5.74, 6) is 0.120. The number of benzene rings is 2. The minimum absolute atomic E-state index is 0.0463. The molecule has 0 fully saturated rings. The summed E-state index contributed by atoms with van der Waals surface area (Å²) in [5.41, 5.74) is 1.16. The lowest BCUT2D eigenvalue weighted by Crippen LogP contribution is -2.23. The number of fused-ring (bicyclic) bond motifs is 1. The van der Waals surface area contributed by atoms with Crippen molar-refractivity contribution in [2.24, 2.45) is 5.10 Å². The number of aromatic nitrogens is 2. The number of carboxylic acid groups (broad SMARTS) is 1. The highest BCUT2D eigenvalue weighted by Gasteiger charge is 2.16. The molecule has 162 valence electrons. The highest BCUT2D eigenvalue weighted by atomic mass is 127. The number of hydrogen-bond donors (Lipinski definition) is 1. The SMILES string of the molecule is CC[C@@H](C)c1nc2ccc(Br)cc2c(=O)n1N=Cc1cc(I)c(OCC(=O)O)c(I)c1. The average molecular weight is 710 g/mol. The van der Waals surface area contributed by atoms with Gasteiger partial charge in [0.25, 0.3) is 5.56 Å². The first-order chi connectivity index (χ1) is 14.7. The molecule has 0 spiro atoms. The van der Waals surface area contributed by atoms with Crippen LogP contribution in [-0.4, -0.2) is 33.6 Å². The van der Waals surface area contributed by atoms with Crippen LogP contribution >= 0.6 is 61.1 Å². The summed E-state index contributed by atoms with van der Waals surface area (Å²) in [7, 11) is 0. The molecular formula is C21H18BrI2N3O4. The third kappa shape index (κ3) is 5.64. The monoisotopic (exact) mass is 709 g/mol. The quantitative estimate of drug-likeness (QED) is 0.268. The predicted molar refractivity (Wildman–Crippen MR) is 140 cm³/mol. The molecule has 1 aromatic heterocycles. The highest BCUT2D eigenvalue weighted by Crippen LogP contribution is 2.28. The second kappa shape index (κ2) is 10.4. The molecule has 1 heterocycles. The highest BCUT2D eigenvalue weighted by molar-refractivity contribution is 14.1. The topological polar surface area (TPSA) is 93.8 Å². The molecule has 0 unspecified atom stereocenters. The molecule has 3 rings (SSSR count). The summed E-state index contributed by atoms with van der Waals surface area (Å²) in [5, 5.41) is 13.8. The largest absolute Gasteiger partial charge is 0.480 e. The Balaban J connectivity index is 2.07. The van der Waals surface area contributed by atoms with Gasteiger partial charge in [-0.3, -0.25) is 4.79 Å². The molecule has 1 atom stereocenters. The standard InChI is InChI=1S/C21H18BrI2N3O4/c1-3-11(2)20-26-17-5-4-13(22)8-14(17)21(30)27(20)25-9-12-6-15(23)19(16(24)7-12)31-10-18(28)29/h4-9,11H,3,10H2,1-2H3,(H,28,29)/t11-/m1/s1. The van der Waals surface area contributed by atoms with Crippen LogP contribution in [0, 0.1) is 7.14 Å². The van der Waals surface area contributed by atoms with Crippen molar-refractivity contribution >= 4 is 84.2 Å². The van der Waals surface area contributed by atoms with Crippen LogP contribution in [0.5, 0.6) is 5.75 Å². The first-order valence-electron chi connectivity index (χ1n) is 9.31. The van der Waals surface area contributed by atoms with E-state index in [0.29, 0.717) is 22.5 Å². The fourth-order valence-electron chi connectivity index (χ4n) is 2.83. The second-order valence-corrected chi connectivity index (χ2v) is 10.0. The minimum Gasteiger partial charge on any atom is -0.480 e. The fraction of sp³-hybridized carbons (Fsp3) is 0.238. The molecule has 0 aliphatic heterocycles. The fourth-order valence-corrected chi connectivity index (χ4v) is 5.32. The van der Waals surface area contributed by atoms with Gasteiger partial charge >= 0.3 is 5.97 Å². The molecule has 0 radical (unpaired) electrons. The van der Waals surface area contributed by atoms with Crippen LogP contribution in [0.15, 0.2) is 44.7 Å². The molecule has 31 heavy (non-hydrogen) atoms. The molecule has 3 aromatic rings. The smallest absolute Gasteiger partial charge is 0.341 e. The Bertz CT molecular complexity index is 1220. The number of rotatable bonds is 7. The number of hydrogen-bond acceptors (Lipinski definition) is 5. The number of carbonyl (C=O) groups is 1. The normalized spacial score (nSPS) is 12.4. The predicted octanol–water partition coefficient (Wildman–Crippen LogP) is 5.23. The average Bonchev–Trinajstić information content (AvgIpc) is 2.72. The molecule has 2 aromatic carbocycles. The molecule has 0 bridgehead atoms. The lowest BCUT2D eigenvalue weighted by molar-refractivity contribution is -0.139. The number of halogens is 3. The molecule has 0 saturated carbocycles. The summed E-state index contributed by atoms with van der Waals surface area (Å²) < 4.78 is 9.02. The van der Waals surface area contributed by atoms with Gasteiger partial charge in [-0.15, -0.1) is 0 Å². The van der Waals surface area contributed by atoms with Crippen molar-refractivity contribution in [2.45, 2.75) is 26.2 Å². The van der Waals surface area contributed by atoms with Crippen molar-refractivity contribution < 1.29 is 14.6 Å². The first kappa shape index (κ1) is 24.1. The van der Waals surface area contributed by atoms with Gasteiger partial charge in [0.05, 0.1) is 24.3 Å². The van der Waals surface area contributed by atoms with Gasteiger partial charge in [-0.05, 0) is 87.5 Å². The minimum atomic E-state index is -1.04. The number of aliphatic carboxylic acids is 1. The Hall–Kier alpha value is -1.54. The molecule has 0 aliphatic carbocycles. The maximum atomic E-state index is 13.2. The van der Waals surface area contributed by atoms with E-state index in [1.54, 1.807) is 12.3 Å². The third-order valence-electron chi connectivity index (χ3n) is 4.57. The van der Waals surface area contributed by atoms with Crippen LogP contribution in [0.25, 0.3) is 10.9 Å². The molecule has 0 amide bonds. The zero-order valence-electron chi connectivity index (χ0n) is 16.6. The Kier molecular flexibility index (Phi) is 8.08. The first-order valence-corrected chi connectivity index (χ1v) is 12.3. The number of ether oxygens (including phenoxy) is 1. The van der Waals surface area contributed by atoms with E-state index in [1.807, 2.05) is 38.1 Å². The van der Waals surface area contributed by atoms with E-state index in [1.165, 1.54) is 4.68 Å². The van der Waals surface area contributed by atoms with Gasteiger partial charge in [-0.2, -0.15) is 9.78 Å². The van der Waals surface area contributed by atoms with E-state index in [2.05, 4.69) is 66.2 Å². The Labute approximate surface area is 214 Å². The van der Waals surface area contributed by atoms with E-state index in [4.69, 9.17) is 14.8 Å². The maximum absolute atomic E-state index is 13.2. The Morgan fingerprint density at radius 2 is 2.00 bits per heavy atom. The summed E-state index contributed by atoms with van der Waals surface area (Å²) >= 11 is 7.58. The van der Waals surface area contributed by atoms with Gasteiger partial charge in [-0.1, -0.05) is 29.8 Å². The molecule has 0 saturated heterocycles. The zero-order valence-corrected chi connectivity index (χ0v) is 22.5. The molecule has 7 nitrogen and oxygen atoms in total. The zero-order chi connectivity index (χ0) is 22.7. The Morgan fingerprint density at radius 3 is 2.61 bits per heavy atom. The van der Waals surface area contributed by atoms with E-state index in [9.17, 15) is 9.59 Å². The molecular weight excluding hydrogens is 692 g/mol. The van der Waals surface area contributed by atoms with E-state index in [0.717, 1.165) is 23.6 Å². The maximum Gasteiger partial charge on any atom is 0.341 e. The van der Waals surface area contributed by atoms with Crippen LogP contribution in [0.3, 0.4) is 0 Å². The van der Waals surface area contributed by atoms with Crippen LogP contribution < -0.4 is 10.3 Å². The van der Waals surface area contributed by atoms with Crippen LogP contribution in [-0.2, 0) is 4.79 Å². The van der Waals surface area contributed by atoms with Crippen molar-refractivity contribution in [3.05, 3.63) is 63.7 Å². The number of carboxylic acids is 1. The third-order valence-corrected chi connectivity index (χ3v) is 6.67. The van der Waals surface area contributed by atoms with Crippen molar-refractivity contribution in [3.8, 4) is 5.75 Å². The summed E-state index contributed by atoms with van der Waals surface area (Å²) in [4.78, 5) is 28.7. The van der Waals surface area contributed by atoms with Gasteiger partial charge in [0, 0.05) is 10.4 Å². The van der Waals surface area contributed by atoms with E-state index in [-0.39, 0.29) is 11.5 Å². The van der Waals surface area contributed by atoms with Gasteiger partial charge in [0.15, 0.2) is 6.61 Å². The van der Waals surface area contributed by atoms with Gasteiger partial charge in [0.1, 0.15) is 11.6 Å². The van der Waals surface area contributed by atoms with Crippen molar-refractivity contribution in [2.75, 3.05) is 6.61 Å². The molecule has 1 N–H and O–H groups in total. The van der Waals surface area contributed by atoms with E-state index < -0.39 is 12.6 Å². The molecule has 10 heteroatoms. The summed E-state index contributed by atoms with van der Waals surface area (Å²) in [6, 6.07) is 9.07. The van der Waals surface area contributed by atoms with Gasteiger partial charge < -0.3 is 9.84 Å². The van der Waals surface area contributed by atoms with Gasteiger partial charge in [0.2, 0.25) is 0 Å². The Morgan fingerprint density at radius 1 is 1.32 bits per heavy atom.